The molecule has 0 bridgehead atoms. The number of anilines is 3. The van der Waals surface area contributed by atoms with Crippen molar-refractivity contribution in [2.45, 2.75) is 20.8 Å². The molecule has 0 aliphatic carbocycles. The molecule has 0 radical (unpaired) electrons. The summed E-state index contributed by atoms with van der Waals surface area (Å²) in [5, 5.41) is 7.33. The van der Waals surface area contributed by atoms with Crippen LogP contribution in [0.5, 0.6) is 0 Å². The van der Waals surface area contributed by atoms with Crippen LogP contribution in [0.3, 0.4) is 0 Å². The highest BCUT2D eigenvalue weighted by atomic mass is 127. The SMILES string of the molecule is CCNc1nc(C)nc(Nc2ccc(Cl)cc2I)c1C. The number of nitrogens with zero attached hydrogens (tertiary/aromatic N) is 2. The van der Waals surface area contributed by atoms with Crippen LogP contribution in [0.25, 0.3) is 0 Å². The summed E-state index contributed by atoms with van der Waals surface area (Å²) in [5.41, 5.74) is 1.99. The quantitative estimate of drug-likeness (QED) is 0.738. The number of benzene rings is 1. The number of rotatable bonds is 4. The highest BCUT2D eigenvalue weighted by Crippen LogP contribution is 2.28. The first kappa shape index (κ1) is 15.3. The number of nitrogens with one attached hydrogen (secondary N) is 2. The van der Waals surface area contributed by atoms with Gasteiger partial charge in [-0.15, -0.1) is 0 Å². The Bertz CT molecular complexity index is 631. The topological polar surface area (TPSA) is 49.8 Å². The lowest BCUT2D eigenvalue weighted by Gasteiger charge is -2.14. The number of halogens is 2. The molecular weight excluding hydrogens is 387 g/mol. The van der Waals surface area contributed by atoms with E-state index in [-0.39, 0.29) is 0 Å². The Morgan fingerprint density at radius 2 is 1.90 bits per heavy atom. The lowest BCUT2D eigenvalue weighted by atomic mass is 10.2. The molecular formula is C14H16ClIN4. The zero-order valence-corrected chi connectivity index (χ0v) is 14.5. The number of hydrogen-bond donors (Lipinski definition) is 2. The second-order valence-electron chi connectivity index (χ2n) is 4.37. The fraction of sp³-hybridized carbons (Fsp3) is 0.286. The average Bonchev–Trinajstić information content (AvgIpc) is 2.38. The Labute approximate surface area is 137 Å². The lowest BCUT2D eigenvalue weighted by molar-refractivity contribution is 1.02. The van der Waals surface area contributed by atoms with Gasteiger partial charge in [-0.05, 0) is 61.6 Å². The van der Waals surface area contributed by atoms with Crippen molar-refractivity contribution in [3.05, 3.63) is 38.2 Å². The Balaban J connectivity index is 2.37. The first-order chi connectivity index (χ1) is 9.51. The van der Waals surface area contributed by atoms with E-state index in [1.165, 1.54) is 0 Å². The van der Waals surface area contributed by atoms with Gasteiger partial charge < -0.3 is 10.6 Å². The molecule has 0 saturated carbocycles. The van der Waals surface area contributed by atoms with Gasteiger partial charge in [-0.1, -0.05) is 11.6 Å². The summed E-state index contributed by atoms with van der Waals surface area (Å²) in [4.78, 5) is 8.89. The van der Waals surface area contributed by atoms with Crippen LogP contribution in [0.15, 0.2) is 18.2 Å². The summed E-state index contributed by atoms with van der Waals surface area (Å²) in [5.74, 6) is 2.41. The van der Waals surface area contributed by atoms with Crippen molar-refractivity contribution < 1.29 is 0 Å². The second kappa shape index (κ2) is 6.58. The predicted octanol–water partition coefficient (Wildman–Crippen LogP) is 4.53. The first-order valence-electron chi connectivity index (χ1n) is 6.32. The minimum absolute atomic E-state index is 0.726. The van der Waals surface area contributed by atoms with Gasteiger partial charge in [0, 0.05) is 20.7 Å². The molecule has 2 N–H and O–H groups in total. The molecule has 0 fully saturated rings. The molecule has 2 aromatic rings. The van der Waals surface area contributed by atoms with Gasteiger partial charge in [0.25, 0.3) is 0 Å². The van der Waals surface area contributed by atoms with Crippen molar-refractivity contribution in [2.24, 2.45) is 0 Å². The maximum Gasteiger partial charge on any atom is 0.139 e. The van der Waals surface area contributed by atoms with Crippen LogP contribution in [-0.4, -0.2) is 16.5 Å². The molecule has 1 heterocycles. The third kappa shape index (κ3) is 3.52. The van der Waals surface area contributed by atoms with Crippen LogP contribution < -0.4 is 10.6 Å². The van der Waals surface area contributed by atoms with E-state index < -0.39 is 0 Å². The Morgan fingerprint density at radius 3 is 2.55 bits per heavy atom. The van der Waals surface area contributed by atoms with E-state index in [0.717, 1.165) is 43.8 Å². The normalized spacial score (nSPS) is 10.4. The molecule has 106 valence electrons. The van der Waals surface area contributed by atoms with Gasteiger partial charge in [0.05, 0.1) is 5.69 Å². The average molecular weight is 403 g/mol. The summed E-state index contributed by atoms with van der Waals surface area (Å²) in [7, 11) is 0. The minimum Gasteiger partial charge on any atom is -0.370 e. The van der Waals surface area contributed by atoms with Gasteiger partial charge in [0.2, 0.25) is 0 Å². The van der Waals surface area contributed by atoms with Crippen molar-refractivity contribution in [3.63, 3.8) is 0 Å². The third-order valence-electron chi connectivity index (χ3n) is 2.79. The van der Waals surface area contributed by atoms with Gasteiger partial charge >= 0.3 is 0 Å². The highest BCUT2D eigenvalue weighted by Gasteiger charge is 2.10. The fourth-order valence-electron chi connectivity index (χ4n) is 1.81. The Kier molecular flexibility index (Phi) is 5.04. The van der Waals surface area contributed by atoms with Crippen molar-refractivity contribution >= 4 is 51.5 Å². The monoisotopic (exact) mass is 402 g/mol. The molecule has 4 nitrogen and oxygen atoms in total. The van der Waals surface area contributed by atoms with E-state index in [2.05, 4.69) is 43.2 Å². The van der Waals surface area contributed by atoms with E-state index in [1.54, 1.807) is 0 Å². The number of aryl methyl sites for hydroxylation is 1. The standard InChI is InChI=1S/C14H16ClIN4/c1-4-17-13-8(2)14(19-9(3)18-13)20-12-6-5-10(15)7-11(12)16/h5-7H,4H2,1-3H3,(H2,17,18,19,20). The Hall–Kier alpha value is -1.08. The van der Waals surface area contributed by atoms with Gasteiger partial charge in [0.1, 0.15) is 17.5 Å². The van der Waals surface area contributed by atoms with Crippen LogP contribution >= 0.6 is 34.2 Å². The zero-order chi connectivity index (χ0) is 14.7. The van der Waals surface area contributed by atoms with Crippen molar-refractivity contribution in [3.8, 4) is 0 Å². The summed E-state index contributed by atoms with van der Waals surface area (Å²) in [6, 6.07) is 5.73. The van der Waals surface area contributed by atoms with Gasteiger partial charge in [-0.2, -0.15) is 0 Å². The van der Waals surface area contributed by atoms with Gasteiger partial charge in [-0.3, -0.25) is 0 Å². The summed E-state index contributed by atoms with van der Waals surface area (Å²) in [6.07, 6.45) is 0. The second-order valence-corrected chi connectivity index (χ2v) is 5.97. The van der Waals surface area contributed by atoms with Crippen LogP contribution in [0.2, 0.25) is 5.02 Å². The summed E-state index contributed by atoms with van der Waals surface area (Å²) < 4.78 is 1.05. The van der Waals surface area contributed by atoms with E-state index in [1.807, 2.05) is 39.0 Å². The largest absolute Gasteiger partial charge is 0.370 e. The molecule has 0 amide bonds. The van der Waals surface area contributed by atoms with Gasteiger partial charge in [0.15, 0.2) is 0 Å². The fourth-order valence-corrected chi connectivity index (χ4v) is 2.81. The molecule has 0 saturated heterocycles. The molecule has 0 spiro atoms. The highest BCUT2D eigenvalue weighted by molar-refractivity contribution is 14.1. The van der Waals surface area contributed by atoms with Crippen LogP contribution in [-0.2, 0) is 0 Å². The summed E-state index contributed by atoms with van der Waals surface area (Å²) >= 11 is 8.23. The van der Waals surface area contributed by atoms with Crippen molar-refractivity contribution in [1.82, 2.24) is 9.97 Å². The van der Waals surface area contributed by atoms with E-state index in [4.69, 9.17) is 11.6 Å². The van der Waals surface area contributed by atoms with E-state index in [0.29, 0.717) is 0 Å². The predicted molar refractivity (Wildman–Crippen MR) is 93.1 cm³/mol. The van der Waals surface area contributed by atoms with Gasteiger partial charge in [-0.25, -0.2) is 9.97 Å². The molecule has 0 atom stereocenters. The van der Waals surface area contributed by atoms with Crippen molar-refractivity contribution in [2.75, 3.05) is 17.2 Å². The molecule has 0 aliphatic rings. The number of hydrogen-bond acceptors (Lipinski definition) is 4. The number of aromatic nitrogens is 2. The first-order valence-corrected chi connectivity index (χ1v) is 7.78. The maximum atomic E-state index is 5.97. The smallest absolute Gasteiger partial charge is 0.139 e. The molecule has 2 rings (SSSR count). The van der Waals surface area contributed by atoms with Crippen LogP contribution in [0, 0.1) is 17.4 Å². The molecule has 0 unspecified atom stereocenters. The van der Waals surface area contributed by atoms with E-state index >= 15 is 0 Å². The summed E-state index contributed by atoms with van der Waals surface area (Å²) in [6.45, 7) is 6.77. The molecule has 1 aromatic carbocycles. The molecule has 6 heteroatoms. The Morgan fingerprint density at radius 1 is 1.20 bits per heavy atom. The van der Waals surface area contributed by atoms with Crippen molar-refractivity contribution in [1.29, 1.82) is 0 Å². The van der Waals surface area contributed by atoms with Crippen LogP contribution in [0.4, 0.5) is 17.3 Å². The zero-order valence-electron chi connectivity index (χ0n) is 11.6. The molecule has 0 aliphatic heterocycles. The maximum absolute atomic E-state index is 5.97. The third-order valence-corrected chi connectivity index (χ3v) is 3.91. The molecule has 1 aromatic heterocycles. The minimum atomic E-state index is 0.726. The van der Waals surface area contributed by atoms with Crippen LogP contribution in [0.1, 0.15) is 18.3 Å². The molecule has 20 heavy (non-hydrogen) atoms. The van der Waals surface area contributed by atoms with E-state index in [9.17, 15) is 0 Å². The lowest BCUT2D eigenvalue weighted by Crippen LogP contribution is -2.08.